The molecular weight excluding hydrogens is 395 g/mol. The van der Waals surface area contributed by atoms with E-state index in [4.69, 9.17) is 11.6 Å². The van der Waals surface area contributed by atoms with Crippen LogP contribution in [0.1, 0.15) is 28.8 Å². The molecule has 2 aromatic carbocycles. The highest BCUT2D eigenvalue weighted by Crippen LogP contribution is 2.36. The molecule has 4 rings (SSSR count). The summed E-state index contributed by atoms with van der Waals surface area (Å²) < 4.78 is 14.3. The van der Waals surface area contributed by atoms with Crippen molar-refractivity contribution < 1.29 is 18.8 Å². The Kier molecular flexibility index (Phi) is 5.20. The van der Waals surface area contributed by atoms with Gasteiger partial charge in [-0.3, -0.25) is 14.4 Å². The molecule has 2 aliphatic rings. The van der Waals surface area contributed by atoms with Gasteiger partial charge in [0.1, 0.15) is 5.82 Å². The lowest BCUT2D eigenvalue weighted by Gasteiger charge is -2.30. The molecule has 2 atom stereocenters. The third kappa shape index (κ3) is 3.56. The van der Waals surface area contributed by atoms with Gasteiger partial charge in [0.05, 0.1) is 18.4 Å². The number of hydrazine groups is 1. The first-order valence-corrected chi connectivity index (χ1v) is 9.68. The molecule has 1 saturated heterocycles. The Morgan fingerprint density at radius 3 is 2.17 bits per heavy atom. The van der Waals surface area contributed by atoms with E-state index < -0.39 is 35.4 Å². The van der Waals surface area contributed by atoms with Crippen LogP contribution in [0.15, 0.2) is 60.7 Å². The minimum Gasteiger partial charge on any atom is -0.272 e. The van der Waals surface area contributed by atoms with E-state index in [1.165, 1.54) is 30.3 Å². The van der Waals surface area contributed by atoms with E-state index in [2.05, 4.69) is 0 Å². The molecule has 1 aliphatic heterocycles. The second kappa shape index (κ2) is 7.79. The smallest absolute Gasteiger partial charge is 0.272 e. The predicted octanol–water partition coefficient (Wildman–Crippen LogP) is 3.99. The summed E-state index contributed by atoms with van der Waals surface area (Å²) in [6.07, 6.45) is 4.65. The van der Waals surface area contributed by atoms with Gasteiger partial charge in [0.15, 0.2) is 0 Å². The Balaban J connectivity index is 1.73. The lowest BCUT2D eigenvalue weighted by molar-refractivity contribution is -0.155. The minimum absolute atomic E-state index is 0.211. The van der Waals surface area contributed by atoms with E-state index in [-0.39, 0.29) is 17.7 Å². The number of carbonyl (C=O) groups excluding carboxylic acids is 3. The number of amides is 3. The van der Waals surface area contributed by atoms with Crippen LogP contribution < -0.4 is 0 Å². The molecule has 7 heteroatoms. The first-order valence-electron chi connectivity index (χ1n) is 9.31. The van der Waals surface area contributed by atoms with Crippen LogP contribution in [0.4, 0.5) is 4.39 Å². The molecular formula is C22H18ClFN2O3. The van der Waals surface area contributed by atoms with Crippen molar-refractivity contribution in [2.45, 2.75) is 19.4 Å². The fourth-order valence-electron chi connectivity index (χ4n) is 3.78. The molecule has 1 fully saturated rings. The van der Waals surface area contributed by atoms with Crippen molar-refractivity contribution in [3.63, 3.8) is 0 Å². The average molecular weight is 413 g/mol. The predicted molar refractivity (Wildman–Crippen MR) is 105 cm³/mol. The summed E-state index contributed by atoms with van der Waals surface area (Å²) in [7, 11) is 0. The highest BCUT2D eigenvalue weighted by atomic mass is 35.5. The van der Waals surface area contributed by atoms with Crippen LogP contribution in [0.2, 0.25) is 5.02 Å². The van der Waals surface area contributed by atoms with Crippen molar-refractivity contribution in [1.29, 1.82) is 0 Å². The number of nitrogens with zero attached hydrogens (tertiary/aromatic N) is 2. The number of benzene rings is 2. The van der Waals surface area contributed by atoms with E-state index in [0.717, 1.165) is 10.0 Å². The van der Waals surface area contributed by atoms with E-state index in [0.29, 0.717) is 17.9 Å². The van der Waals surface area contributed by atoms with Crippen molar-refractivity contribution in [3.05, 3.63) is 82.6 Å². The molecule has 148 valence electrons. The molecule has 2 aromatic rings. The van der Waals surface area contributed by atoms with Crippen molar-refractivity contribution >= 4 is 29.3 Å². The molecule has 1 heterocycles. The minimum atomic E-state index is -0.571. The molecule has 0 aromatic heterocycles. The number of rotatable bonds is 4. The first kappa shape index (κ1) is 19.3. The topological polar surface area (TPSA) is 57.7 Å². The summed E-state index contributed by atoms with van der Waals surface area (Å²) in [5.74, 6) is -2.92. The summed E-state index contributed by atoms with van der Waals surface area (Å²) in [5.41, 5.74) is 0.461. The lowest BCUT2D eigenvalue weighted by Crippen LogP contribution is -2.50. The van der Waals surface area contributed by atoms with Crippen LogP contribution in [0, 0.1) is 17.7 Å². The second-order valence-electron chi connectivity index (χ2n) is 7.11. The number of allylic oxidation sites excluding steroid dienone is 2. The van der Waals surface area contributed by atoms with Gasteiger partial charge in [0.25, 0.3) is 17.7 Å². The Morgan fingerprint density at radius 1 is 1.00 bits per heavy atom. The maximum absolute atomic E-state index is 14.3. The molecule has 5 nitrogen and oxygen atoms in total. The highest BCUT2D eigenvalue weighted by Gasteiger charge is 2.50. The number of imide groups is 1. The Labute approximate surface area is 172 Å². The van der Waals surface area contributed by atoms with Crippen LogP contribution in [-0.4, -0.2) is 27.7 Å². The van der Waals surface area contributed by atoms with E-state index >= 15 is 0 Å². The lowest BCUT2D eigenvalue weighted by atomic mass is 9.85. The molecule has 0 unspecified atom stereocenters. The number of carbonyl (C=O) groups is 3. The molecule has 0 N–H and O–H groups in total. The van der Waals surface area contributed by atoms with Gasteiger partial charge in [-0.15, -0.1) is 0 Å². The maximum atomic E-state index is 14.3. The van der Waals surface area contributed by atoms with Crippen LogP contribution in [0.25, 0.3) is 0 Å². The van der Waals surface area contributed by atoms with Crippen LogP contribution in [-0.2, 0) is 16.1 Å². The number of hydrogen-bond donors (Lipinski definition) is 0. The average Bonchev–Trinajstić information content (AvgIpc) is 2.98. The van der Waals surface area contributed by atoms with Gasteiger partial charge in [-0.2, -0.15) is 5.01 Å². The van der Waals surface area contributed by atoms with E-state index in [1.807, 2.05) is 12.2 Å². The molecule has 0 bridgehead atoms. The fraction of sp³-hybridized carbons (Fsp3) is 0.227. The first-order chi connectivity index (χ1) is 14.0. The van der Waals surface area contributed by atoms with Crippen molar-refractivity contribution in [1.82, 2.24) is 10.0 Å². The summed E-state index contributed by atoms with van der Waals surface area (Å²) in [4.78, 5) is 39.3. The largest absolute Gasteiger partial charge is 0.273 e. The van der Waals surface area contributed by atoms with Gasteiger partial charge < -0.3 is 0 Å². The number of fused-ring (bicyclic) bond motifs is 1. The second-order valence-corrected chi connectivity index (χ2v) is 7.54. The van der Waals surface area contributed by atoms with E-state index in [1.54, 1.807) is 18.2 Å². The summed E-state index contributed by atoms with van der Waals surface area (Å²) >= 11 is 5.90. The quantitative estimate of drug-likeness (QED) is 0.563. The van der Waals surface area contributed by atoms with E-state index in [9.17, 15) is 18.8 Å². The van der Waals surface area contributed by atoms with Gasteiger partial charge in [0.2, 0.25) is 0 Å². The SMILES string of the molecule is O=C(c1ccc(Cl)cc1)N(Cc1ccccc1F)N1C(=O)[C@H]2CC=CC[C@@H]2C1=O. The van der Waals surface area contributed by atoms with Crippen molar-refractivity contribution in [2.24, 2.45) is 11.8 Å². The Morgan fingerprint density at radius 2 is 1.59 bits per heavy atom. The number of halogens is 2. The molecule has 29 heavy (non-hydrogen) atoms. The number of hydrogen-bond acceptors (Lipinski definition) is 3. The molecule has 1 aliphatic carbocycles. The zero-order chi connectivity index (χ0) is 20.5. The van der Waals surface area contributed by atoms with Crippen LogP contribution >= 0.6 is 11.6 Å². The van der Waals surface area contributed by atoms with Crippen LogP contribution in [0.5, 0.6) is 0 Å². The molecule has 0 saturated carbocycles. The monoisotopic (exact) mass is 412 g/mol. The third-order valence-corrected chi connectivity index (χ3v) is 5.58. The van der Waals surface area contributed by atoms with Gasteiger partial charge in [-0.25, -0.2) is 9.40 Å². The van der Waals surface area contributed by atoms with Crippen molar-refractivity contribution in [3.8, 4) is 0 Å². The van der Waals surface area contributed by atoms with Gasteiger partial charge >= 0.3 is 0 Å². The summed E-state index contributed by atoms with van der Waals surface area (Å²) in [6, 6.07) is 12.1. The summed E-state index contributed by atoms with van der Waals surface area (Å²) in [5, 5.41) is 2.41. The standard InChI is InChI=1S/C22H18ClFN2O3/c23-16-11-9-14(10-12-16)20(27)25(13-15-5-1-4-8-19(15)24)26-21(28)17-6-2-3-7-18(17)22(26)29/h1-5,8-12,17-18H,6-7,13H2/t17-,18-/m0/s1. The zero-order valence-corrected chi connectivity index (χ0v) is 16.2. The molecule has 0 spiro atoms. The van der Waals surface area contributed by atoms with Gasteiger partial charge in [0, 0.05) is 16.1 Å². The molecule has 0 radical (unpaired) electrons. The Bertz CT molecular complexity index is 979. The fourth-order valence-corrected chi connectivity index (χ4v) is 3.91. The Hall–Kier alpha value is -2.99. The van der Waals surface area contributed by atoms with Gasteiger partial charge in [-0.05, 0) is 43.2 Å². The molecule has 3 amide bonds. The van der Waals surface area contributed by atoms with Crippen molar-refractivity contribution in [2.75, 3.05) is 0 Å². The maximum Gasteiger partial charge on any atom is 0.273 e. The van der Waals surface area contributed by atoms with Gasteiger partial charge in [-0.1, -0.05) is 42.0 Å². The third-order valence-electron chi connectivity index (χ3n) is 5.33. The van der Waals surface area contributed by atoms with Crippen LogP contribution in [0.3, 0.4) is 0 Å². The highest BCUT2D eigenvalue weighted by molar-refractivity contribution is 6.30. The summed E-state index contributed by atoms with van der Waals surface area (Å²) in [6.45, 7) is -0.238. The zero-order valence-electron chi connectivity index (χ0n) is 15.4. The normalized spacial score (nSPS) is 20.7.